The monoisotopic (exact) mass is 422 g/mol. The third kappa shape index (κ3) is 3.39. The highest BCUT2D eigenvalue weighted by molar-refractivity contribution is 7.12. The summed E-state index contributed by atoms with van der Waals surface area (Å²) in [6.07, 6.45) is 0. The molecule has 1 aliphatic heterocycles. The van der Waals surface area contributed by atoms with Crippen LogP contribution in [0.5, 0.6) is 0 Å². The molecule has 0 saturated heterocycles. The van der Waals surface area contributed by atoms with Crippen molar-refractivity contribution in [2.75, 3.05) is 16.8 Å². The van der Waals surface area contributed by atoms with E-state index in [1.165, 1.54) is 11.3 Å². The van der Waals surface area contributed by atoms with E-state index in [1.54, 1.807) is 0 Å². The van der Waals surface area contributed by atoms with E-state index in [-0.39, 0.29) is 5.91 Å². The summed E-state index contributed by atoms with van der Waals surface area (Å²) in [5, 5.41) is 5.62. The average molecular weight is 423 g/mol. The first kappa shape index (κ1) is 18.2. The van der Waals surface area contributed by atoms with Crippen LogP contribution in [0.25, 0.3) is 11.0 Å². The number of nitrogens with one attached hydrogen (secondary N) is 1. The number of carbonyl (C=O) groups excluding carboxylic acids is 1. The van der Waals surface area contributed by atoms with Crippen molar-refractivity contribution < 1.29 is 4.79 Å². The fraction of sp³-hybridized carbons (Fsp3) is 0.182. The lowest BCUT2D eigenvalue weighted by Gasteiger charge is -2.30. The summed E-state index contributed by atoms with van der Waals surface area (Å²) in [5.41, 5.74) is 5.08. The molecule has 4 aromatic rings. The largest absolute Gasteiger partial charge is 0.362 e. The van der Waals surface area contributed by atoms with Gasteiger partial charge in [-0.2, -0.15) is 0 Å². The molecule has 2 aromatic heterocycles. The van der Waals surface area contributed by atoms with Gasteiger partial charge >= 0.3 is 0 Å². The van der Waals surface area contributed by atoms with Gasteiger partial charge < -0.3 is 14.8 Å². The molecule has 1 N–H and O–H groups in total. The second-order valence-electron chi connectivity index (χ2n) is 7.16. The van der Waals surface area contributed by atoms with Crippen LogP contribution in [0.15, 0.2) is 53.9 Å². The number of halogens is 1. The van der Waals surface area contributed by atoms with Gasteiger partial charge in [0.2, 0.25) is 0 Å². The predicted molar refractivity (Wildman–Crippen MR) is 119 cm³/mol. The Morgan fingerprint density at radius 1 is 1.17 bits per heavy atom. The van der Waals surface area contributed by atoms with Crippen molar-refractivity contribution in [1.29, 1.82) is 0 Å². The van der Waals surface area contributed by atoms with Crippen LogP contribution < -0.4 is 10.2 Å². The molecule has 1 aliphatic rings. The van der Waals surface area contributed by atoms with Crippen LogP contribution in [0.4, 0.5) is 11.4 Å². The van der Waals surface area contributed by atoms with Crippen LogP contribution in [0, 0.1) is 6.92 Å². The first-order valence-electron chi connectivity index (χ1n) is 9.43. The lowest BCUT2D eigenvalue weighted by atomic mass is 10.1. The Labute approximate surface area is 177 Å². The van der Waals surface area contributed by atoms with E-state index in [2.05, 4.69) is 26.9 Å². The Hall–Kier alpha value is -2.83. The second-order valence-corrected chi connectivity index (χ2v) is 8.55. The summed E-state index contributed by atoms with van der Waals surface area (Å²) in [6, 6.07) is 15.8. The minimum atomic E-state index is -0.0683. The number of aryl methyl sites for hydroxylation is 1. The van der Waals surface area contributed by atoms with Crippen molar-refractivity contribution in [3.05, 3.63) is 75.2 Å². The number of benzene rings is 2. The van der Waals surface area contributed by atoms with Gasteiger partial charge in [-0.05, 0) is 60.3 Å². The van der Waals surface area contributed by atoms with E-state index in [0.29, 0.717) is 9.90 Å². The Bertz CT molecular complexity index is 1220. The molecule has 0 bridgehead atoms. The molecule has 0 radical (unpaired) electrons. The van der Waals surface area contributed by atoms with Crippen molar-refractivity contribution in [2.45, 2.75) is 20.0 Å². The molecule has 0 atom stereocenters. The molecule has 0 fully saturated rings. The molecule has 7 heteroatoms. The first-order valence-corrected chi connectivity index (χ1v) is 10.7. The summed E-state index contributed by atoms with van der Waals surface area (Å²) in [6.45, 7) is 4.55. The zero-order chi connectivity index (χ0) is 20.0. The van der Waals surface area contributed by atoms with Crippen molar-refractivity contribution in [1.82, 2.24) is 9.55 Å². The van der Waals surface area contributed by atoms with Gasteiger partial charge in [-0.25, -0.2) is 4.98 Å². The van der Waals surface area contributed by atoms with Gasteiger partial charge in [-0.15, -0.1) is 11.3 Å². The maximum absolute atomic E-state index is 12.3. The number of hydrogen-bond acceptors (Lipinski definition) is 4. The van der Waals surface area contributed by atoms with Gasteiger partial charge in [-0.3, -0.25) is 4.79 Å². The maximum atomic E-state index is 12.3. The van der Waals surface area contributed by atoms with Gasteiger partial charge in [0.15, 0.2) is 0 Å². The number of amides is 1. The normalized spacial score (nSPS) is 13.5. The highest BCUT2D eigenvalue weighted by Crippen LogP contribution is 2.29. The second kappa shape index (κ2) is 7.21. The van der Waals surface area contributed by atoms with Crippen LogP contribution in [-0.4, -0.2) is 22.0 Å². The van der Waals surface area contributed by atoms with E-state index in [0.717, 1.165) is 53.4 Å². The zero-order valence-corrected chi connectivity index (χ0v) is 17.4. The maximum Gasteiger partial charge on any atom is 0.265 e. The van der Waals surface area contributed by atoms with Gasteiger partial charge in [-0.1, -0.05) is 17.7 Å². The van der Waals surface area contributed by atoms with Crippen LogP contribution in [0.2, 0.25) is 5.02 Å². The summed E-state index contributed by atoms with van der Waals surface area (Å²) >= 11 is 7.56. The van der Waals surface area contributed by atoms with E-state index >= 15 is 0 Å². The number of carbonyl (C=O) groups is 1. The SMILES string of the molecule is Cc1cc(N2CCn3c(nc4cc(Cl)ccc43)C2)ccc1NC(=O)c1cccs1. The molecule has 3 heterocycles. The Morgan fingerprint density at radius 3 is 2.86 bits per heavy atom. The van der Waals surface area contributed by atoms with Crippen LogP contribution in [0.1, 0.15) is 21.1 Å². The number of aromatic nitrogens is 2. The van der Waals surface area contributed by atoms with E-state index in [1.807, 2.05) is 48.7 Å². The van der Waals surface area contributed by atoms with Crippen molar-refractivity contribution >= 4 is 51.3 Å². The number of rotatable bonds is 3. The average Bonchev–Trinajstić information content (AvgIpc) is 3.36. The van der Waals surface area contributed by atoms with Gasteiger partial charge in [0.25, 0.3) is 5.91 Å². The third-order valence-electron chi connectivity index (χ3n) is 5.28. The van der Waals surface area contributed by atoms with Gasteiger partial charge in [0.05, 0.1) is 22.5 Å². The first-order chi connectivity index (χ1) is 14.1. The number of nitrogens with zero attached hydrogens (tertiary/aromatic N) is 3. The van der Waals surface area contributed by atoms with Crippen LogP contribution >= 0.6 is 22.9 Å². The Morgan fingerprint density at radius 2 is 2.07 bits per heavy atom. The number of thiophene rings is 1. The molecule has 5 nitrogen and oxygen atoms in total. The molecule has 0 saturated carbocycles. The number of anilines is 2. The fourth-order valence-electron chi connectivity index (χ4n) is 3.79. The number of hydrogen-bond donors (Lipinski definition) is 1. The lowest BCUT2D eigenvalue weighted by molar-refractivity contribution is 0.103. The van der Waals surface area contributed by atoms with E-state index in [4.69, 9.17) is 16.6 Å². The molecule has 0 unspecified atom stereocenters. The molecule has 1 amide bonds. The highest BCUT2D eigenvalue weighted by atomic mass is 35.5. The number of fused-ring (bicyclic) bond motifs is 3. The van der Waals surface area contributed by atoms with Crippen molar-refractivity contribution in [3.63, 3.8) is 0 Å². The van der Waals surface area contributed by atoms with Gasteiger partial charge in [0, 0.05) is 29.5 Å². The summed E-state index contributed by atoms with van der Waals surface area (Å²) in [4.78, 5) is 20.1. The minimum Gasteiger partial charge on any atom is -0.362 e. The molecule has 0 aliphatic carbocycles. The molecular weight excluding hydrogens is 404 g/mol. The molecule has 146 valence electrons. The topological polar surface area (TPSA) is 50.2 Å². The smallest absolute Gasteiger partial charge is 0.265 e. The standard InChI is InChI=1S/C22H19ClN4OS/c1-14-11-16(5-6-17(14)25-22(28)20-3-2-10-29-20)26-8-9-27-19-7-4-15(23)12-18(19)24-21(27)13-26/h2-7,10-12H,8-9,13H2,1H3,(H,25,28). The highest BCUT2D eigenvalue weighted by Gasteiger charge is 2.21. The van der Waals surface area contributed by atoms with Crippen LogP contribution in [0.3, 0.4) is 0 Å². The van der Waals surface area contributed by atoms with E-state index in [9.17, 15) is 4.79 Å². The van der Waals surface area contributed by atoms with Crippen molar-refractivity contribution in [2.24, 2.45) is 0 Å². The Balaban J connectivity index is 1.37. The minimum absolute atomic E-state index is 0.0683. The molecule has 0 spiro atoms. The number of imidazole rings is 1. The molecule has 2 aromatic carbocycles. The van der Waals surface area contributed by atoms with Crippen LogP contribution in [-0.2, 0) is 13.1 Å². The zero-order valence-electron chi connectivity index (χ0n) is 15.9. The molecule has 5 rings (SSSR count). The quantitative estimate of drug-likeness (QED) is 0.485. The summed E-state index contributed by atoms with van der Waals surface area (Å²) < 4.78 is 2.27. The molecular formula is C22H19ClN4OS. The lowest BCUT2D eigenvalue weighted by Crippen LogP contribution is -2.33. The third-order valence-corrected chi connectivity index (χ3v) is 6.39. The molecule has 29 heavy (non-hydrogen) atoms. The predicted octanol–water partition coefficient (Wildman–Crippen LogP) is 5.33. The van der Waals surface area contributed by atoms with E-state index < -0.39 is 0 Å². The summed E-state index contributed by atoms with van der Waals surface area (Å²) in [5.74, 6) is 0.974. The Kier molecular flexibility index (Phi) is 4.53. The van der Waals surface area contributed by atoms with Gasteiger partial charge in [0.1, 0.15) is 5.82 Å². The fourth-order valence-corrected chi connectivity index (χ4v) is 4.58. The van der Waals surface area contributed by atoms with Crippen molar-refractivity contribution in [3.8, 4) is 0 Å². The summed E-state index contributed by atoms with van der Waals surface area (Å²) in [7, 11) is 0.